The van der Waals surface area contributed by atoms with Gasteiger partial charge in [0.25, 0.3) is 0 Å². The summed E-state index contributed by atoms with van der Waals surface area (Å²) in [4.78, 5) is 0. The first-order chi connectivity index (χ1) is 12.0. The number of halogens is 2. The maximum atomic E-state index is 6.11. The summed E-state index contributed by atoms with van der Waals surface area (Å²) < 4.78 is 7.65. The van der Waals surface area contributed by atoms with Crippen molar-refractivity contribution in [3.8, 4) is 5.75 Å². The van der Waals surface area contributed by atoms with Gasteiger partial charge in [-0.2, -0.15) is 0 Å². The van der Waals surface area contributed by atoms with E-state index in [-0.39, 0.29) is 6.61 Å². The zero-order chi connectivity index (χ0) is 17.8. The highest BCUT2D eigenvalue weighted by molar-refractivity contribution is 7.98. The molecule has 1 aromatic heterocycles. The standard InChI is InChI=1S/C18H17Cl2N3OS/c1-12-3-5-13(6-4-12)11-25-18-22-21-17(23(18)2)10-24-16-9-14(19)7-8-15(16)20/h3-9H,10-11H2,1-2H3. The van der Waals surface area contributed by atoms with Crippen LogP contribution in [0.25, 0.3) is 0 Å². The molecule has 0 aliphatic rings. The zero-order valence-electron chi connectivity index (χ0n) is 13.9. The molecule has 0 amide bonds. The van der Waals surface area contributed by atoms with Crippen LogP contribution >= 0.6 is 35.0 Å². The number of thioether (sulfide) groups is 1. The molecule has 0 saturated carbocycles. The highest BCUT2D eigenvalue weighted by Crippen LogP contribution is 2.28. The molecule has 130 valence electrons. The van der Waals surface area contributed by atoms with Gasteiger partial charge >= 0.3 is 0 Å². The molecule has 7 heteroatoms. The minimum Gasteiger partial charge on any atom is -0.484 e. The first-order valence-corrected chi connectivity index (χ1v) is 9.41. The average Bonchev–Trinajstić information content (AvgIpc) is 2.95. The average molecular weight is 394 g/mol. The second-order valence-electron chi connectivity index (χ2n) is 5.60. The van der Waals surface area contributed by atoms with Gasteiger partial charge in [0.2, 0.25) is 0 Å². The highest BCUT2D eigenvalue weighted by Gasteiger charge is 2.11. The third kappa shape index (κ3) is 4.69. The van der Waals surface area contributed by atoms with Crippen LogP contribution in [0, 0.1) is 6.92 Å². The van der Waals surface area contributed by atoms with E-state index in [1.54, 1.807) is 30.0 Å². The number of rotatable bonds is 6. The molecule has 0 atom stereocenters. The van der Waals surface area contributed by atoms with E-state index in [9.17, 15) is 0 Å². The van der Waals surface area contributed by atoms with Gasteiger partial charge in [-0.1, -0.05) is 64.8 Å². The zero-order valence-corrected chi connectivity index (χ0v) is 16.2. The van der Waals surface area contributed by atoms with Crippen LogP contribution in [0.4, 0.5) is 0 Å². The molecule has 0 saturated heterocycles. The first kappa shape index (κ1) is 18.1. The normalized spacial score (nSPS) is 10.9. The van der Waals surface area contributed by atoms with Crippen LogP contribution < -0.4 is 4.74 Å². The Morgan fingerprint density at radius 3 is 2.60 bits per heavy atom. The van der Waals surface area contributed by atoms with E-state index in [0.717, 1.165) is 16.7 Å². The van der Waals surface area contributed by atoms with E-state index in [1.165, 1.54) is 11.1 Å². The van der Waals surface area contributed by atoms with Gasteiger partial charge in [0.15, 0.2) is 11.0 Å². The number of aromatic nitrogens is 3. The van der Waals surface area contributed by atoms with Crippen molar-refractivity contribution >= 4 is 35.0 Å². The molecule has 3 rings (SSSR count). The second-order valence-corrected chi connectivity index (χ2v) is 7.38. The molecule has 2 aromatic carbocycles. The van der Waals surface area contributed by atoms with Gasteiger partial charge in [0.05, 0.1) is 5.02 Å². The molecule has 4 nitrogen and oxygen atoms in total. The van der Waals surface area contributed by atoms with Crippen LogP contribution in [-0.4, -0.2) is 14.8 Å². The summed E-state index contributed by atoms with van der Waals surface area (Å²) in [7, 11) is 1.93. The lowest BCUT2D eigenvalue weighted by Crippen LogP contribution is -2.04. The van der Waals surface area contributed by atoms with E-state index >= 15 is 0 Å². The van der Waals surface area contributed by atoms with E-state index in [4.69, 9.17) is 27.9 Å². The van der Waals surface area contributed by atoms with Gasteiger partial charge in [-0.15, -0.1) is 10.2 Å². The van der Waals surface area contributed by atoms with Crippen LogP contribution in [0.5, 0.6) is 5.75 Å². The van der Waals surface area contributed by atoms with Crippen molar-refractivity contribution in [3.05, 3.63) is 69.5 Å². The summed E-state index contributed by atoms with van der Waals surface area (Å²) in [5.41, 5.74) is 2.51. The van der Waals surface area contributed by atoms with E-state index in [1.807, 2.05) is 11.6 Å². The Labute approximate surface area is 161 Å². The molecule has 0 aliphatic carbocycles. The fourth-order valence-electron chi connectivity index (χ4n) is 2.16. The molecule has 1 heterocycles. The number of hydrogen-bond donors (Lipinski definition) is 0. The SMILES string of the molecule is Cc1ccc(CSc2nnc(COc3cc(Cl)ccc3Cl)n2C)cc1. The molecular weight excluding hydrogens is 377 g/mol. The monoisotopic (exact) mass is 393 g/mol. The Morgan fingerprint density at radius 1 is 1.08 bits per heavy atom. The number of benzene rings is 2. The molecule has 0 spiro atoms. The van der Waals surface area contributed by atoms with Crippen molar-refractivity contribution in [1.29, 1.82) is 0 Å². The highest BCUT2D eigenvalue weighted by atomic mass is 35.5. The topological polar surface area (TPSA) is 39.9 Å². The summed E-state index contributed by atoms with van der Waals surface area (Å²) in [6.45, 7) is 2.35. The van der Waals surface area contributed by atoms with E-state index in [2.05, 4.69) is 41.4 Å². The third-order valence-corrected chi connectivity index (χ3v) is 5.30. The van der Waals surface area contributed by atoms with Crippen molar-refractivity contribution in [2.75, 3.05) is 0 Å². The summed E-state index contributed by atoms with van der Waals surface area (Å²) in [6.07, 6.45) is 0. The summed E-state index contributed by atoms with van der Waals surface area (Å²) in [5.74, 6) is 2.10. The summed E-state index contributed by atoms with van der Waals surface area (Å²) in [6, 6.07) is 13.6. The Bertz CT molecular complexity index is 865. The smallest absolute Gasteiger partial charge is 0.191 e. The Morgan fingerprint density at radius 2 is 1.84 bits per heavy atom. The third-order valence-electron chi connectivity index (χ3n) is 3.66. The molecule has 3 aromatic rings. The molecule has 0 unspecified atom stereocenters. The molecule has 0 bridgehead atoms. The largest absolute Gasteiger partial charge is 0.484 e. The lowest BCUT2D eigenvalue weighted by Gasteiger charge is -2.08. The second kappa shape index (κ2) is 8.13. The van der Waals surface area contributed by atoms with Gasteiger partial charge < -0.3 is 9.30 Å². The molecule has 25 heavy (non-hydrogen) atoms. The van der Waals surface area contributed by atoms with Crippen LogP contribution in [0.2, 0.25) is 10.0 Å². The minimum absolute atomic E-state index is 0.272. The first-order valence-electron chi connectivity index (χ1n) is 7.67. The predicted molar refractivity (Wildman–Crippen MR) is 103 cm³/mol. The fraction of sp³-hybridized carbons (Fsp3) is 0.222. The number of hydrogen-bond acceptors (Lipinski definition) is 4. The lowest BCUT2D eigenvalue weighted by atomic mass is 10.2. The van der Waals surface area contributed by atoms with Crippen LogP contribution in [0.3, 0.4) is 0 Å². The van der Waals surface area contributed by atoms with E-state index in [0.29, 0.717) is 15.8 Å². The van der Waals surface area contributed by atoms with E-state index < -0.39 is 0 Å². The molecular formula is C18H17Cl2N3OS. The van der Waals surface area contributed by atoms with Gasteiger partial charge in [0, 0.05) is 23.9 Å². The fourth-order valence-corrected chi connectivity index (χ4v) is 3.38. The Kier molecular flexibility index (Phi) is 5.89. The van der Waals surface area contributed by atoms with Crippen LogP contribution in [-0.2, 0) is 19.4 Å². The quantitative estimate of drug-likeness (QED) is 0.532. The van der Waals surface area contributed by atoms with Crippen molar-refractivity contribution in [2.45, 2.75) is 24.4 Å². The maximum absolute atomic E-state index is 6.11. The van der Waals surface area contributed by atoms with Crippen molar-refractivity contribution in [3.63, 3.8) is 0 Å². The Hall–Kier alpha value is -1.69. The van der Waals surface area contributed by atoms with Crippen LogP contribution in [0.15, 0.2) is 47.6 Å². The van der Waals surface area contributed by atoms with Gasteiger partial charge in [-0.3, -0.25) is 0 Å². The van der Waals surface area contributed by atoms with Crippen molar-refractivity contribution < 1.29 is 4.74 Å². The molecule has 0 radical (unpaired) electrons. The van der Waals surface area contributed by atoms with Crippen molar-refractivity contribution in [2.24, 2.45) is 7.05 Å². The van der Waals surface area contributed by atoms with Gasteiger partial charge in [-0.05, 0) is 24.6 Å². The van der Waals surface area contributed by atoms with Crippen molar-refractivity contribution in [1.82, 2.24) is 14.8 Å². The molecule has 0 N–H and O–H groups in total. The van der Waals surface area contributed by atoms with Gasteiger partial charge in [0.1, 0.15) is 12.4 Å². The molecule has 0 fully saturated rings. The minimum atomic E-state index is 0.272. The summed E-state index contributed by atoms with van der Waals surface area (Å²) in [5, 5.41) is 10.4. The number of ether oxygens (including phenoxy) is 1. The predicted octanol–water partition coefficient (Wildman–Crippen LogP) is 5.30. The number of nitrogens with zero attached hydrogens (tertiary/aromatic N) is 3. The Balaban J connectivity index is 1.62. The number of aryl methyl sites for hydroxylation is 1. The lowest BCUT2D eigenvalue weighted by molar-refractivity contribution is 0.290. The molecule has 0 aliphatic heterocycles. The van der Waals surface area contributed by atoms with Gasteiger partial charge in [-0.25, -0.2) is 0 Å². The maximum Gasteiger partial charge on any atom is 0.191 e. The van der Waals surface area contributed by atoms with Crippen LogP contribution in [0.1, 0.15) is 17.0 Å². The summed E-state index contributed by atoms with van der Waals surface area (Å²) >= 11 is 13.7.